The van der Waals surface area contributed by atoms with E-state index >= 15 is 0 Å². The van der Waals surface area contributed by atoms with E-state index in [1.54, 1.807) is 12.1 Å². The molecule has 0 saturated heterocycles. The second kappa shape index (κ2) is 7.93. The van der Waals surface area contributed by atoms with Crippen LogP contribution in [0.2, 0.25) is 0 Å². The fourth-order valence-corrected chi connectivity index (χ4v) is 2.14. The first-order valence-corrected chi connectivity index (χ1v) is 7.73. The number of anilines is 2. The van der Waals surface area contributed by atoms with E-state index in [2.05, 4.69) is 10.6 Å². The Balaban J connectivity index is 2.13. The van der Waals surface area contributed by atoms with Gasteiger partial charge in [-0.25, -0.2) is 0 Å². The molecular formula is C18H18N4O3. The summed E-state index contributed by atoms with van der Waals surface area (Å²) in [5.41, 5.74) is 1.95. The van der Waals surface area contributed by atoms with Gasteiger partial charge in [0.25, 0.3) is 5.69 Å². The monoisotopic (exact) mass is 338 g/mol. The van der Waals surface area contributed by atoms with Crippen LogP contribution >= 0.6 is 0 Å². The van der Waals surface area contributed by atoms with Crippen molar-refractivity contribution in [2.45, 2.75) is 20.4 Å². The van der Waals surface area contributed by atoms with Gasteiger partial charge in [0.05, 0.1) is 16.6 Å². The van der Waals surface area contributed by atoms with Crippen LogP contribution in [0.4, 0.5) is 17.1 Å². The molecule has 0 atom stereocenters. The van der Waals surface area contributed by atoms with E-state index < -0.39 is 4.92 Å². The lowest BCUT2D eigenvalue weighted by atomic mass is 10.1. The number of nitro groups is 1. The lowest BCUT2D eigenvalue weighted by Gasteiger charge is -2.11. The zero-order valence-electron chi connectivity index (χ0n) is 13.9. The third-order valence-electron chi connectivity index (χ3n) is 3.53. The fourth-order valence-electron chi connectivity index (χ4n) is 2.14. The first kappa shape index (κ1) is 17.9. The molecule has 0 heterocycles. The van der Waals surface area contributed by atoms with Gasteiger partial charge >= 0.3 is 0 Å². The maximum Gasteiger partial charge on any atom is 0.293 e. The Kier molecular flexibility index (Phi) is 5.69. The predicted molar refractivity (Wildman–Crippen MR) is 95.0 cm³/mol. The van der Waals surface area contributed by atoms with Crippen molar-refractivity contribution in [2.75, 3.05) is 10.6 Å². The quantitative estimate of drug-likeness (QED) is 0.617. The molecule has 7 heteroatoms. The van der Waals surface area contributed by atoms with Crippen molar-refractivity contribution in [3.63, 3.8) is 0 Å². The fraction of sp³-hybridized carbons (Fsp3) is 0.222. The molecule has 0 spiro atoms. The Morgan fingerprint density at radius 3 is 2.68 bits per heavy atom. The topological polar surface area (TPSA) is 108 Å². The number of nitriles is 1. The van der Waals surface area contributed by atoms with Gasteiger partial charge in [-0.2, -0.15) is 5.26 Å². The van der Waals surface area contributed by atoms with Crippen molar-refractivity contribution >= 4 is 23.0 Å². The van der Waals surface area contributed by atoms with Gasteiger partial charge in [-0.1, -0.05) is 26.0 Å². The largest absolute Gasteiger partial charge is 0.375 e. The van der Waals surface area contributed by atoms with E-state index in [0.29, 0.717) is 17.9 Å². The van der Waals surface area contributed by atoms with Crippen LogP contribution in [0.1, 0.15) is 25.0 Å². The molecule has 1 amide bonds. The molecule has 7 nitrogen and oxygen atoms in total. The maximum atomic E-state index is 11.8. The Labute approximate surface area is 145 Å². The van der Waals surface area contributed by atoms with Gasteiger partial charge in [-0.3, -0.25) is 14.9 Å². The molecule has 0 aliphatic rings. The van der Waals surface area contributed by atoms with Crippen LogP contribution < -0.4 is 10.6 Å². The molecule has 0 aliphatic carbocycles. The zero-order chi connectivity index (χ0) is 18.4. The van der Waals surface area contributed by atoms with Gasteiger partial charge in [-0.15, -0.1) is 0 Å². The van der Waals surface area contributed by atoms with Gasteiger partial charge in [-0.05, 0) is 29.8 Å². The molecule has 0 unspecified atom stereocenters. The average Bonchev–Trinajstić information content (AvgIpc) is 2.60. The van der Waals surface area contributed by atoms with Crippen molar-refractivity contribution in [3.05, 3.63) is 63.7 Å². The molecule has 0 radical (unpaired) electrons. The molecule has 2 rings (SSSR count). The van der Waals surface area contributed by atoms with Gasteiger partial charge < -0.3 is 10.6 Å². The first-order chi connectivity index (χ1) is 11.9. The minimum atomic E-state index is -0.525. The number of nitrogens with zero attached hydrogens (tertiary/aromatic N) is 2. The molecule has 2 aromatic carbocycles. The van der Waals surface area contributed by atoms with Gasteiger partial charge in [0.1, 0.15) is 5.69 Å². The smallest absolute Gasteiger partial charge is 0.293 e. The van der Waals surface area contributed by atoms with Crippen LogP contribution in [-0.2, 0) is 11.3 Å². The molecular weight excluding hydrogens is 320 g/mol. The zero-order valence-corrected chi connectivity index (χ0v) is 13.9. The highest BCUT2D eigenvalue weighted by molar-refractivity contribution is 5.92. The average molecular weight is 338 g/mol. The van der Waals surface area contributed by atoms with Crippen LogP contribution in [0, 0.1) is 27.4 Å². The van der Waals surface area contributed by atoms with Gasteiger partial charge in [0.2, 0.25) is 5.91 Å². The highest BCUT2D eigenvalue weighted by atomic mass is 16.6. The minimum Gasteiger partial charge on any atom is -0.375 e. The van der Waals surface area contributed by atoms with Crippen molar-refractivity contribution in [3.8, 4) is 6.07 Å². The molecule has 25 heavy (non-hydrogen) atoms. The summed E-state index contributed by atoms with van der Waals surface area (Å²) in [5, 5.41) is 25.8. The van der Waals surface area contributed by atoms with E-state index in [0.717, 1.165) is 5.56 Å². The number of amides is 1. The summed E-state index contributed by atoms with van der Waals surface area (Å²) in [6.07, 6.45) is 0. The highest BCUT2D eigenvalue weighted by Gasteiger charge is 2.14. The van der Waals surface area contributed by atoms with E-state index in [1.165, 1.54) is 18.2 Å². The lowest BCUT2D eigenvalue weighted by molar-refractivity contribution is -0.384. The van der Waals surface area contributed by atoms with Crippen LogP contribution in [-0.4, -0.2) is 10.8 Å². The third-order valence-corrected chi connectivity index (χ3v) is 3.53. The molecule has 0 saturated carbocycles. The van der Waals surface area contributed by atoms with Crippen LogP contribution in [0.25, 0.3) is 0 Å². The molecule has 2 aromatic rings. The Morgan fingerprint density at radius 1 is 1.28 bits per heavy atom. The number of hydrogen-bond acceptors (Lipinski definition) is 5. The molecule has 0 aromatic heterocycles. The summed E-state index contributed by atoms with van der Waals surface area (Å²) >= 11 is 0. The second-order valence-electron chi connectivity index (χ2n) is 5.80. The maximum absolute atomic E-state index is 11.8. The van der Waals surface area contributed by atoms with Crippen LogP contribution in [0.5, 0.6) is 0 Å². The molecule has 0 aliphatic heterocycles. The van der Waals surface area contributed by atoms with Crippen molar-refractivity contribution < 1.29 is 9.72 Å². The van der Waals surface area contributed by atoms with Crippen molar-refractivity contribution in [1.82, 2.24) is 0 Å². The Morgan fingerprint density at radius 2 is 2.04 bits per heavy atom. The summed E-state index contributed by atoms with van der Waals surface area (Å²) in [5.74, 6) is -0.198. The molecule has 2 N–H and O–H groups in total. The number of nitro benzene ring substituents is 1. The Hall–Kier alpha value is -3.40. The summed E-state index contributed by atoms with van der Waals surface area (Å²) in [7, 11) is 0. The van der Waals surface area contributed by atoms with Crippen molar-refractivity contribution in [2.24, 2.45) is 5.92 Å². The Bertz CT molecular complexity index is 840. The predicted octanol–water partition coefficient (Wildman–Crippen LogP) is 3.67. The summed E-state index contributed by atoms with van der Waals surface area (Å²) in [4.78, 5) is 22.4. The highest BCUT2D eigenvalue weighted by Crippen LogP contribution is 2.26. The number of rotatable bonds is 6. The van der Waals surface area contributed by atoms with Crippen LogP contribution in [0.15, 0.2) is 42.5 Å². The van der Waals surface area contributed by atoms with Crippen LogP contribution in [0.3, 0.4) is 0 Å². The third kappa shape index (κ3) is 4.78. The standard InChI is InChI=1S/C18H18N4O3/c1-12(2)18(23)21-15-5-3-4-14(8-15)11-20-16-7-6-13(10-19)9-17(16)22(24)25/h3-9,12,20H,11H2,1-2H3,(H,21,23). The summed E-state index contributed by atoms with van der Waals surface area (Å²) in [6.45, 7) is 3.97. The van der Waals surface area contributed by atoms with E-state index in [4.69, 9.17) is 5.26 Å². The van der Waals surface area contributed by atoms with E-state index in [-0.39, 0.29) is 23.1 Å². The van der Waals surface area contributed by atoms with Gasteiger partial charge in [0, 0.05) is 24.2 Å². The van der Waals surface area contributed by atoms with E-state index in [1.807, 2.05) is 32.0 Å². The molecule has 0 fully saturated rings. The SMILES string of the molecule is CC(C)C(=O)Nc1cccc(CNc2ccc(C#N)cc2[N+](=O)[O-])c1. The number of carbonyl (C=O) groups is 1. The molecule has 128 valence electrons. The van der Waals surface area contributed by atoms with E-state index in [9.17, 15) is 14.9 Å². The lowest BCUT2D eigenvalue weighted by Crippen LogP contribution is -2.17. The summed E-state index contributed by atoms with van der Waals surface area (Å²) < 4.78 is 0. The van der Waals surface area contributed by atoms with Crippen molar-refractivity contribution in [1.29, 1.82) is 5.26 Å². The number of nitrogens with one attached hydrogen (secondary N) is 2. The number of hydrogen-bond donors (Lipinski definition) is 2. The van der Waals surface area contributed by atoms with Gasteiger partial charge in [0.15, 0.2) is 0 Å². The first-order valence-electron chi connectivity index (χ1n) is 7.73. The normalized spacial score (nSPS) is 10.2. The second-order valence-corrected chi connectivity index (χ2v) is 5.80. The summed E-state index contributed by atoms with van der Waals surface area (Å²) in [6, 6.07) is 13.4. The molecule has 0 bridgehead atoms. The number of benzene rings is 2. The number of carbonyl (C=O) groups excluding carboxylic acids is 1. The minimum absolute atomic E-state index is 0.0761.